The number of nitrogens with one attached hydrogen (secondary N) is 1. The highest BCUT2D eigenvalue weighted by Crippen LogP contribution is 2.32. The fourth-order valence-electron chi connectivity index (χ4n) is 2.03. The number of thioether (sulfide) groups is 1. The van der Waals surface area contributed by atoms with Crippen LogP contribution in [0.3, 0.4) is 0 Å². The molecule has 24 heavy (non-hydrogen) atoms. The van der Waals surface area contributed by atoms with Crippen LogP contribution in [0.15, 0.2) is 40.8 Å². The van der Waals surface area contributed by atoms with Gasteiger partial charge in [-0.05, 0) is 37.8 Å². The largest absolute Gasteiger partial charge is 0.351 e. The van der Waals surface area contributed by atoms with Gasteiger partial charge in [0.15, 0.2) is 0 Å². The predicted octanol–water partition coefficient (Wildman–Crippen LogP) is 2.94. The normalized spacial score (nSPS) is 15.8. The van der Waals surface area contributed by atoms with E-state index in [1.165, 1.54) is 24.3 Å². The molecule has 7 heteroatoms. The Balaban J connectivity index is 2.00. The molecular weight excluding hydrogens is 331 g/mol. The lowest BCUT2D eigenvalue weighted by atomic mass is 10.2. The first-order valence-electron chi connectivity index (χ1n) is 7.31. The summed E-state index contributed by atoms with van der Waals surface area (Å²) in [5, 5.41) is 2.17. The number of imide groups is 1. The highest BCUT2D eigenvalue weighted by molar-refractivity contribution is 8.18. The molecule has 1 aliphatic heterocycles. The fourth-order valence-corrected chi connectivity index (χ4v) is 2.89. The van der Waals surface area contributed by atoms with Crippen LogP contribution in [0.5, 0.6) is 0 Å². The number of halogens is 1. The summed E-state index contributed by atoms with van der Waals surface area (Å²) in [4.78, 5) is 36.9. The summed E-state index contributed by atoms with van der Waals surface area (Å²) in [7, 11) is 0. The molecule has 5 nitrogen and oxygen atoms in total. The van der Waals surface area contributed by atoms with Crippen molar-refractivity contribution in [3.63, 3.8) is 0 Å². The summed E-state index contributed by atoms with van der Waals surface area (Å²) in [6.45, 7) is 3.82. The average Bonchev–Trinajstić information content (AvgIpc) is 2.76. The van der Waals surface area contributed by atoms with E-state index in [1.54, 1.807) is 26.0 Å². The topological polar surface area (TPSA) is 66.5 Å². The van der Waals surface area contributed by atoms with Gasteiger partial charge >= 0.3 is 0 Å². The number of carbonyl (C=O) groups is 3. The number of amides is 3. The number of nitrogens with zero attached hydrogens (tertiary/aromatic N) is 1. The lowest BCUT2D eigenvalue weighted by molar-refractivity contribution is -0.123. The van der Waals surface area contributed by atoms with Gasteiger partial charge in [-0.3, -0.25) is 19.3 Å². The van der Waals surface area contributed by atoms with Crippen molar-refractivity contribution in [1.29, 1.82) is 0 Å². The van der Waals surface area contributed by atoms with Gasteiger partial charge in [0.2, 0.25) is 5.91 Å². The molecule has 126 valence electrons. The molecule has 0 radical (unpaired) electrons. The maximum absolute atomic E-state index is 13.6. The quantitative estimate of drug-likeness (QED) is 0.831. The first-order chi connectivity index (χ1) is 11.4. The van der Waals surface area contributed by atoms with Crippen molar-refractivity contribution in [3.8, 4) is 0 Å². The molecule has 1 fully saturated rings. The molecule has 0 bridgehead atoms. The molecule has 0 unspecified atom stereocenters. The van der Waals surface area contributed by atoms with E-state index in [2.05, 4.69) is 5.32 Å². The van der Waals surface area contributed by atoms with Crippen LogP contribution in [0.1, 0.15) is 19.4 Å². The Kier molecular flexibility index (Phi) is 5.92. The van der Waals surface area contributed by atoms with Gasteiger partial charge in [-0.25, -0.2) is 4.39 Å². The van der Waals surface area contributed by atoms with Crippen LogP contribution < -0.4 is 5.32 Å². The molecule has 1 saturated heterocycles. The summed E-state index contributed by atoms with van der Waals surface area (Å²) >= 11 is 0.762. The van der Waals surface area contributed by atoms with Crippen LogP contribution in [-0.2, 0) is 9.59 Å². The second kappa shape index (κ2) is 7.92. The van der Waals surface area contributed by atoms with Gasteiger partial charge in [-0.2, -0.15) is 0 Å². The molecule has 1 aliphatic rings. The van der Waals surface area contributed by atoms with Crippen molar-refractivity contribution in [2.75, 3.05) is 13.1 Å². The second-order valence-electron chi connectivity index (χ2n) is 5.37. The van der Waals surface area contributed by atoms with Gasteiger partial charge in [0, 0.05) is 24.7 Å². The molecular formula is C17H17FN2O3S. The van der Waals surface area contributed by atoms with Crippen LogP contribution in [-0.4, -0.2) is 35.0 Å². The molecule has 1 heterocycles. The first-order valence-corrected chi connectivity index (χ1v) is 8.13. The molecule has 1 aromatic carbocycles. The maximum Gasteiger partial charge on any atom is 0.293 e. The summed E-state index contributed by atoms with van der Waals surface area (Å²) < 4.78 is 13.6. The Hall–Kier alpha value is -2.41. The van der Waals surface area contributed by atoms with Gasteiger partial charge < -0.3 is 5.32 Å². The maximum atomic E-state index is 13.6. The van der Waals surface area contributed by atoms with E-state index in [0.717, 1.165) is 22.2 Å². The van der Waals surface area contributed by atoms with Gasteiger partial charge in [0.25, 0.3) is 11.1 Å². The second-order valence-corrected chi connectivity index (χ2v) is 6.36. The predicted molar refractivity (Wildman–Crippen MR) is 91.5 cm³/mol. The van der Waals surface area contributed by atoms with Gasteiger partial charge in [-0.1, -0.05) is 23.8 Å². The summed E-state index contributed by atoms with van der Waals surface area (Å²) in [5.41, 5.74) is 1.10. The Bertz CT molecular complexity index is 739. The monoisotopic (exact) mass is 348 g/mol. The molecule has 1 N–H and O–H groups in total. The van der Waals surface area contributed by atoms with E-state index in [9.17, 15) is 18.8 Å². The van der Waals surface area contributed by atoms with Crippen molar-refractivity contribution in [2.24, 2.45) is 0 Å². The third-order valence-corrected chi connectivity index (χ3v) is 4.03. The number of carbonyl (C=O) groups excluding carboxylic acids is 3. The van der Waals surface area contributed by atoms with Crippen molar-refractivity contribution in [1.82, 2.24) is 10.2 Å². The minimum Gasteiger partial charge on any atom is -0.351 e. The van der Waals surface area contributed by atoms with Crippen molar-refractivity contribution < 1.29 is 18.8 Å². The smallest absolute Gasteiger partial charge is 0.293 e. The van der Waals surface area contributed by atoms with Gasteiger partial charge in [0.1, 0.15) is 5.82 Å². The highest BCUT2D eigenvalue weighted by atomic mass is 32.2. The molecule has 0 saturated carbocycles. The molecule has 3 amide bonds. The van der Waals surface area contributed by atoms with Gasteiger partial charge in [0.05, 0.1) is 4.91 Å². The average molecular weight is 348 g/mol. The first kappa shape index (κ1) is 17.9. The van der Waals surface area contributed by atoms with Crippen LogP contribution >= 0.6 is 11.8 Å². The lowest BCUT2D eigenvalue weighted by Gasteiger charge is -2.12. The number of rotatable bonds is 5. The zero-order valence-electron chi connectivity index (χ0n) is 13.3. The molecule has 1 aromatic rings. The number of hydrogen-bond donors (Lipinski definition) is 1. The Morgan fingerprint density at radius 3 is 2.67 bits per heavy atom. The van der Waals surface area contributed by atoms with E-state index in [1.807, 2.05) is 0 Å². The molecule has 0 spiro atoms. The lowest BCUT2D eigenvalue weighted by Crippen LogP contribution is -2.36. The molecule has 0 aliphatic carbocycles. The van der Waals surface area contributed by atoms with Crippen LogP contribution in [0, 0.1) is 5.82 Å². The van der Waals surface area contributed by atoms with Crippen LogP contribution in [0.25, 0.3) is 6.08 Å². The minimum absolute atomic E-state index is 0.0711. The zero-order chi connectivity index (χ0) is 17.7. The summed E-state index contributed by atoms with van der Waals surface area (Å²) in [6.07, 6.45) is 2.80. The number of hydrogen-bond acceptors (Lipinski definition) is 4. The van der Waals surface area contributed by atoms with E-state index >= 15 is 0 Å². The third-order valence-electron chi connectivity index (χ3n) is 3.12. The van der Waals surface area contributed by atoms with E-state index in [0.29, 0.717) is 0 Å². The molecule has 2 rings (SSSR count). The summed E-state index contributed by atoms with van der Waals surface area (Å²) in [6, 6.07) is 6.02. The Morgan fingerprint density at radius 1 is 1.29 bits per heavy atom. The number of benzene rings is 1. The fraction of sp³-hybridized carbons (Fsp3) is 0.235. The van der Waals surface area contributed by atoms with Gasteiger partial charge in [-0.15, -0.1) is 0 Å². The van der Waals surface area contributed by atoms with Crippen LogP contribution in [0.2, 0.25) is 0 Å². The number of allylic oxidation sites excluding steroid dienone is 1. The Labute approximate surface area is 143 Å². The summed E-state index contributed by atoms with van der Waals surface area (Å²) in [5.74, 6) is -1.22. The zero-order valence-corrected chi connectivity index (χ0v) is 14.2. The third kappa shape index (κ3) is 4.55. The SMILES string of the molecule is CC(C)=CC(=O)NCCN1C(=O)S/C(=C\c2ccccc2F)C1=O. The van der Waals surface area contributed by atoms with E-state index in [-0.39, 0.29) is 29.5 Å². The van der Waals surface area contributed by atoms with E-state index < -0.39 is 17.0 Å². The van der Waals surface area contributed by atoms with Crippen molar-refractivity contribution in [3.05, 3.63) is 52.2 Å². The Morgan fingerprint density at radius 2 is 2.00 bits per heavy atom. The molecule has 0 atom stereocenters. The minimum atomic E-state index is -0.482. The molecule has 0 aromatic heterocycles. The van der Waals surface area contributed by atoms with Crippen molar-refractivity contribution >= 4 is 34.9 Å². The van der Waals surface area contributed by atoms with Crippen LogP contribution in [0.4, 0.5) is 9.18 Å². The highest BCUT2D eigenvalue weighted by Gasteiger charge is 2.34. The van der Waals surface area contributed by atoms with E-state index in [4.69, 9.17) is 0 Å². The standard InChI is InChI=1S/C17H17FN2O3S/c1-11(2)9-15(21)19-7-8-20-16(22)14(24-17(20)23)10-12-5-3-4-6-13(12)18/h3-6,9-10H,7-8H2,1-2H3,(H,19,21)/b14-10-. The van der Waals surface area contributed by atoms with Crippen molar-refractivity contribution in [2.45, 2.75) is 13.8 Å².